The van der Waals surface area contributed by atoms with E-state index in [2.05, 4.69) is 32.4 Å². The lowest BCUT2D eigenvalue weighted by Crippen LogP contribution is -2.04. The van der Waals surface area contributed by atoms with Crippen LogP contribution in [0.3, 0.4) is 0 Å². The molecule has 2 heterocycles. The van der Waals surface area contributed by atoms with Gasteiger partial charge in [0.05, 0.1) is 36.3 Å². The molecular formula is C19H13IN4O2S. The van der Waals surface area contributed by atoms with Gasteiger partial charge in [-0.15, -0.1) is 0 Å². The normalized spacial score (nSPS) is 11.0. The zero-order valence-corrected chi connectivity index (χ0v) is 17.2. The highest BCUT2D eigenvalue weighted by Gasteiger charge is 2.17. The van der Waals surface area contributed by atoms with E-state index in [1.54, 1.807) is 25.3 Å². The maximum Gasteiger partial charge on any atom is 0.152 e. The molecule has 0 amide bonds. The fraction of sp³-hybridized carbons (Fsp3) is 0.105. The van der Waals surface area contributed by atoms with E-state index in [4.69, 9.17) is 10.00 Å². The molecule has 2 aromatic carbocycles. The lowest BCUT2D eigenvalue weighted by molar-refractivity contribution is 0.112. The van der Waals surface area contributed by atoms with Crippen LogP contribution >= 0.6 is 30.3 Å². The van der Waals surface area contributed by atoms with Gasteiger partial charge in [0.15, 0.2) is 6.29 Å². The second-order valence-electron chi connectivity index (χ2n) is 5.95. The van der Waals surface area contributed by atoms with Crippen LogP contribution in [-0.4, -0.2) is 27.1 Å². The standard InChI is InChI=1S/C19H13IN4O2S/c1-26-18-7-14(11-25)19-15(4-5-24(19)27-20)16(18)10-23-9-13-3-2-12(8-21)6-17(13)22-23/h2-7,9,11H,10H2,1H3. The maximum absolute atomic E-state index is 11.6. The minimum absolute atomic E-state index is 0.491. The van der Waals surface area contributed by atoms with E-state index in [-0.39, 0.29) is 0 Å². The van der Waals surface area contributed by atoms with E-state index >= 15 is 0 Å². The fourth-order valence-corrected chi connectivity index (χ4v) is 4.61. The number of hydrogen-bond acceptors (Lipinski definition) is 5. The average Bonchev–Trinajstić information content (AvgIpc) is 3.31. The van der Waals surface area contributed by atoms with Gasteiger partial charge in [-0.1, -0.05) is 0 Å². The Kier molecular flexibility index (Phi) is 4.80. The third-order valence-corrected chi connectivity index (χ3v) is 6.19. The molecule has 0 bridgehead atoms. The van der Waals surface area contributed by atoms with Crippen molar-refractivity contribution < 1.29 is 9.53 Å². The van der Waals surface area contributed by atoms with Crippen molar-refractivity contribution in [2.45, 2.75) is 6.54 Å². The first kappa shape index (κ1) is 17.9. The maximum atomic E-state index is 11.6. The van der Waals surface area contributed by atoms with Gasteiger partial charge in [0, 0.05) is 64.6 Å². The van der Waals surface area contributed by atoms with Gasteiger partial charge in [-0.2, -0.15) is 10.4 Å². The molecule has 8 heteroatoms. The van der Waals surface area contributed by atoms with Crippen LogP contribution < -0.4 is 4.74 Å². The van der Waals surface area contributed by atoms with E-state index in [0.717, 1.165) is 33.7 Å². The van der Waals surface area contributed by atoms with Crippen LogP contribution in [-0.2, 0) is 6.54 Å². The highest BCUT2D eigenvalue weighted by atomic mass is 127. The van der Waals surface area contributed by atoms with Crippen LogP contribution in [0.4, 0.5) is 0 Å². The predicted molar refractivity (Wildman–Crippen MR) is 114 cm³/mol. The zero-order valence-electron chi connectivity index (χ0n) is 14.2. The molecule has 0 saturated carbocycles. The number of rotatable bonds is 5. The van der Waals surface area contributed by atoms with Gasteiger partial charge in [-0.25, -0.2) is 0 Å². The Hall–Kier alpha value is -2.51. The Morgan fingerprint density at radius 2 is 2.22 bits per heavy atom. The monoisotopic (exact) mass is 488 g/mol. The molecule has 0 fully saturated rings. The number of hydrogen-bond donors (Lipinski definition) is 0. The van der Waals surface area contributed by atoms with Crippen LogP contribution in [0.5, 0.6) is 5.75 Å². The summed E-state index contributed by atoms with van der Waals surface area (Å²) >= 11 is 2.19. The number of benzene rings is 2. The summed E-state index contributed by atoms with van der Waals surface area (Å²) in [5.41, 5.74) is 3.76. The molecule has 0 N–H and O–H groups in total. The molecule has 6 nitrogen and oxygen atoms in total. The highest BCUT2D eigenvalue weighted by Crippen LogP contribution is 2.35. The van der Waals surface area contributed by atoms with Gasteiger partial charge in [-0.3, -0.25) is 13.4 Å². The molecule has 0 radical (unpaired) electrons. The highest BCUT2D eigenvalue weighted by molar-refractivity contribution is 14.2. The minimum atomic E-state index is 0.491. The van der Waals surface area contributed by atoms with E-state index in [1.165, 1.54) is 9.12 Å². The van der Waals surface area contributed by atoms with Gasteiger partial charge >= 0.3 is 0 Å². The van der Waals surface area contributed by atoms with Crippen molar-refractivity contribution in [2.24, 2.45) is 0 Å². The summed E-state index contributed by atoms with van der Waals surface area (Å²) in [5.74, 6) is 0.651. The smallest absolute Gasteiger partial charge is 0.152 e. The van der Waals surface area contributed by atoms with Crippen LogP contribution in [0.1, 0.15) is 21.5 Å². The number of nitriles is 1. The first-order valence-corrected chi connectivity index (χ1v) is 11.3. The molecule has 0 spiro atoms. The van der Waals surface area contributed by atoms with Crippen LogP contribution in [0, 0.1) is 11.3 Å². The van der Waals surface area contributed by atoms with Crippen LogP contribution in [0.15, 0.2) is 42.7 Å². The molecule has 0 aliphatic rings. The number of carbonyl (C=O) groups excluding carboxylic acids is 1. The predicted octanol–water partition coefficient (Wildman–Crippen LogP) is 4.58. The van der Waals surface area contributed by atoms with Gasteiger partial charge in [0.25, 0.3) is 0 Å². The number of nitrogens with zero attached hydrogens (tertiary/aromatic N) is 4. The van der Waals surface area contributed by atoms with Gasteiger partial charge in [0.2, 0.25) is 0 Å². The second kappa shape index (κ2) is 7.25. The van der Waals surface area contributed by atoms with Crippen LogP contribution in [0.2, 0.25) is 0 Å². The average molecular weight is 488 g/mol. The second-order valence-corrected chi connectivity index (χ2v) is 7.66. The van der Waals surface area contributed by atoms with Gasteiger partial charge < -0.3 is 4.74 Å². The summed E-state index contributed by atoms with van der Waals surface area (Å²) in [6.07, 6.45) is 4.74. The molecule has 0 aliphatic heterocycles. The molecule has 0 unspecified atom stereocenters. The van der Waals surface area contributed by atoms with E-state index in [0.29, 0.717) is 23.4 Å². The Labute approximate surface area is 171 Å². The third-order valence-electron chi connectivity index (χ3n) is 4.46. The van der Waals surface area contributed by atoms with Crippen molar-refractivity contribution in [3.8, 4) is 11.8 Å². The van der Waals surface area contributed by atoms with Crippen molar-refractivity contribution in [1.29, 1.82) is 5.26 Å². The van der Waals surface area contributed by atoms with Crippen molar-refractivity contribution in [2.75, 3.05) is 7.11 Å². The zero-order chi connectivity index (χ0) is 19.0. The quantitative estimate of drug-likeness (QED) is 0.304. The molecule has 0 atom stereocenters. The van der Waals surface area contributed by atoms with E-state index in [9.17, 15) is 4.79 Å². The summed E-state index contributed by atoms with van der Waals surface area (Å²) in [6.45, 7) is 0.491. The fourth-order valence-electron chi connectivity index (χ4n) is 3.24. The lowest BCUT2D eigenvalue weighted by atomic mass is 10.0. The molecule has 0 aliphatic carbocycles. The van der Waals surface area contributed by atoms with E-state index < -0.39 is 0 Å². The van der Waals surface area contributed by atoms with Crippen molar-refractivity contribution in [1.82, 2.24) is 13.8 Å². The Morgan fingerprint density at radius 1 is 1.37 bits per heavy atom. The van der Waals surface area contributed by atoms with Crippen LogP contribution in [0.25, 0.3) is 21.8 Å². The first-order chi connectivity index (χ1) is 13.2. The number of halogens is 1. The Balaban J connectivity index is 1.87. The molecule has 134 valence electrons. The van der Waals surface area contributed by atoms with E-state index in [1.807, 2.05) is 33.2 Å². The summed E-state index contributed by atoms with van der Waals surface area (Å²) in [7, 11) is 3.10. The third kappa shape index (κ3) is 3.07. The minimum Gasteiger partial charge on any atom is -0.496 e. The molecular weight excluding hydrogens is 475 g/mol. The number of ether oxygens (including phenoxy) is 1. The molecule has 4 aromatic rings. The summed E-state index contributed by atoms with van der Waals surface area (Å²) in [4.78, 5) is 11.6. The molecule has 27 heavy (non-hydrogen) atoms. The van der Waals surface area contributed by atoms with Gasteiger partial charge in [0.1, 0.15) is 5.75 Å². The van der Waals surface area contributed by atoms with Gasteiger partial charge in [-0.05, 0) is 30.3 Å². The number of aldehydes is 1. The number of carbonyl (C=O) groups is 1. The first-order valence-electron chi connectivity index (χ1n) is 8.01. The van der Waals surface area contributed by atoms with Crippen molar-refractivity contribution >= 4 is 58.4 Å². The topological polar surface area (TPSA) is 72.8 Å². The van der Waals surface area contributed by atoms with Crippen molar-refractivity contribution in [3.05, 3.63) is 59.4 Å². The number of aromatic nitrogens is 3. The van der Waals surface area contributed by atoms with Crippen molar-refractivity contribution in [3.63, 3.8) is 0 Å². The lowest BCUT2D eigenvalue weighted by Gasteiger charge is -2.13. The Morgan fingerprint density at radius 3 is 2.93 bits per heavy atom. The molecule has 2 aromatic heterocycles. The SMILES string of the molecule is COc1cc(C=O)c2c(ccn2SI)c1Cn1cc2ccc(C#N)cc2n1. The molecule has 0 saturated heterocycles. The number of fused-ring (bicyclic) bond motifs is 2. The Bertz CT molecular complexity index is 1220. The number of methoxy groups -OCH3 is 1. The molecule has 4 rings (SSSR count). The summed E-state index contributed by atoms with van der Waals surface area (Å²) < 4.78 is 9.35. The largest absolute Gasteiger partial charge is 0.496 e. The summed E-state index contributed by atoms with van der Waals surface area (Å²) in [6, 6.07) is 11.3. The summed E-state index contributed by atoms with van der Waals surface area (Å²) in [5, 5.41) is 15.6.